The highest BCUT2D eigenvalue weighted by Crippen LogP contribution is 2.20. The van der Waals surface area contributed by atoms with Crippen LogP contribution < -0.4 is 5.73 Å². The summed E-state index contributed by atoms with van der Waals surface area (Å²) in [7, 11) is 1.83. The maximum Gasteiger partial charge on any atom is 0.143 e. The van der Waals surface area contributed by atoms with E-state index in [0.717, 1.165) is 17.8 Å². The van der Waals surface area contributed by atoms with E-state index < -0.39 is 0 Å². The van der Waals surface area contributed by atoms with Crippen LogP contribution >= 0.6 is 11.6 Å². The molecule has 3 N–H and O–H groups in total. The van der Waals surface area contributed by atoms with Crippen molar-refractivity contribution >= 4 is 17.4 Å². The van der Waals surface area contributed by atoms with Crippen LogP contribution in [0.25, 0.3) is 0 Å². The minimum absolute atomic E-state index is 0.0132. The molecule has 0 radical (unpaired) electrons. The molecule has 1 unspecified atom stereocenters. The number of hydrogen-bond donors (Lipinski definition) is 2. The zero-order chi connectivity index (χ0) is 14.6. The molecule has 0 saturated heterocycles. The van der Waals surface area contributed by atoms with Gasteiger partial charge in [0.2, 0.25) is 0 Å². The van der Waals surface area contributed by atoms with Crippen LogP contribution in [0, 0.1) is 12.8 Å². The molecule has 1 rings (SSSR count). The summed E-state index contributed by atoms with van der Waals surface area (Å²) < 4.78 is 1.67. The van der Waals surface area contributed by atoms with Gasteiger partial charge in [0.1, 0.15) is 11.0 Å². The molecule has 7 heteroatoms. The van der Waals surface area contributed by atoms with Crippen molar-refractivity contribution in [1.82, 2.24) is 14.7 Å². The lowest BCUT2D eigenvalue weighted by molar-refractivity contribution is 0.257. The van der Waals surface area contributed by atoms with Gasteiger partial charge in [-0.3, -0.25) is 9.58 Å². The predicted molar refractivity (Wildman–Crippen MR) is 76.5 cm³/mol. The van der Waals surface area contributed by atoms with E-state index in [0.29, 0.717) is 18.2 Å². The first-order chi connectivity index (χ1) is 8.90. The standard InChI is InChI=1S/C12H22ClN5O/c1-5-18(6-8(2)12(14)16-19)7-10-9(3)15-17(4)11(10)13/h8,19H,5-7H2,1-4H3,(H2,14,16). The maximum absolute atomic E-state index is 8.68. The number of halogens is 1. The van der Waals surface area contributed by atoms with E-state index in [2.05, 4.69) is 22.1 Å². The molecule has 0 aliphatic heterocycles. The largest absolute Gasteiger partial charge is 0.409 e. The molecule has 0 amide bonds. The van der Waals surface area contributed by atoms with Gasteiger partial charge in [-0.05, 0) is 13.5 Å². The molecule has 0 aromatic carbocycles. The van der Waals surface area contributed by atoms with Gasteiger partial charge in [0, 0.05) is 31.6 Å². The Labute approximate surface area is 118 Å². The lowest BCUT2D eigenvalue weighted by Crippen LogP contribution is -2.34. The number of aromatic nitrogens is 2. The lowest BCUT2D eigenvalue weighted by Gasteiger charge is -2.23. The fourth-order valence-corrected chi connectivity index (χ4v) is 2.20. The van der Waals surface area contributed by atoms with Crippen molar-refractivity contribution < 1.29 is 5.21 Å². The van der Waals surface area contributed by atoms with Gasteiger partial charge in [0.25, 0.3) is 0 Å². The van der Waals surface area contributed by atoms with Crippen LogP contribution in [-0.4, -0.2) is 38.8 Å². The molecule has 1 aromatic heterocycles. The van der Waals surface area contributed by atoms with Gasteiger partial charge in [-0.25, -0.2) is 0 Å². The van der Waals surface area contributed by atoms with E-state index in [9.17, 15) is 0 Å². The smallest absolute Gasteiger partial charge is 0.143 e. The summed E-state index contributed by atoms with van der Waals surface area (Å²) in [6.45, 7) is 8.21. The third-order valence-electron chi connectivity index (χ3n) is 3.25. The average molecular weight is 288 g/mol. The van der Waals surface area contributed by atoms with E-state index in [1.165, 1.54) is 0 Å². The topological polar surface area (TPSA) is 79.7 Å². The Morgan fingerprint density at radius 2 is 2.26 bits per heavy atom. The molecule has 1 atom stereocenters. The second kappa shape index (κ2) is 6.77. The van der Waals surface area contributed by atoms with Gasteiger partial charge >= 0.3 is 0 Å². The van der Waals surface area contributed by atoms with Gasteiger partial charge in [-0.15, -0.1) is 0 Å². The van der Waals surface area contributed by atoms with Gasteiger partial charge < -0.3 is 10.9 Å². The minimum Gasteiger partial charge on any atom is -0.409 e. The van der Waals surface area contributed by atoms with Crippen LogP contribution in [0.2, 0.25) is 5.15 Å². The van der Waals surface area contributed by atoms with Crippen LogP contribution in [0.1, 0.15) is 25.1 Å². The van der Waals surface area contributed by atoms with Crippen LogP contribution in [0.4, 0.5) is 0 Å². The molecule has 0 fully saturated rings. The molecule has 0 saturated carbocycles. The molecule has 6 nitrogen and oxygen atoms in total. The molecular formula is C12H22ClN5O. The Balaban J connectivity index is 2.77. The third-order valence-corrected chi connectivity index (χ3v) is 3.72. The van der Waals surface area contributed by atoms with Crippen molar-refractivity contribution in [2.24, 2.45) is 23.9 Å². The summed E-state index contributed by atoms with van der Waals surface area (Å²) in [5, 5.41) is 16.7. The normalized spacial score (nSPS) is 14.1. The van der Waals surface area contributed by atoms with Crippen molar-refractivity contribution in [3.63, 3.8) is 0 Å². The lowest BCUT2D eigenvalue weighted by atomic mass is 10.1. The summed E-state index contributed by atoms with van der Waals surface area (Å²) in [6, 6.07) is 0. The minimum atomic E-state index is -0.0132. The Hall–Kier alpha value is -1.27. The number of hydrogen-bond acceptors (Lipinski definition) is 4. The maximum atomic E-state index is 8.68. The van der Waals surface area contributed by atoms with Gasteiger partial charge in [-0.1, -0.05) is 30.6 Å². The number of amidine groups is 1. The highest BCUT2D eigenvalue weighted by Gasteiger charge is 2.17. The van der Waals surface area contributed by atoms with E-state index in [-0.39, 0.29) is 11.8 Å². The molecule has 1 heterocycles. The summed E-state index contributed by atoms with van der Waals surface area (Å²) in [4.78, 5) is 2.19. The number of nitrogens with two attached hydrogens (primary N) is 1. The van der Waals surface area contributed by atoms with E-state index in [4.69, 9.17) is 22.5 Å². The van der Waals surface area contributed by atoms with Crippen molar-refractivity contribution in [2.75, 3.05) is 13.1 Å². The molecule has 108 valence electrons. The second-order valence-electron chi connectivity index (χ2n) is 4.73. The van der Waals surface area contributed by atoms with Crippen LogP contribution in [0.5, 0.6) is 0 Å². The third kappa shape index (κ3) is 3.84. The van der Waals surface area contributed by atoms with Gasteiger partial charge in [0.15, 0.2) is 0 Å². The molecule has 0 bridgehead atoms. The molecule has 0 aliphatic carbocycles. The Morgan fingerprint density at radius 3 is 2.68 bits per heavy atom. The summed E-state index contributed by atoms with van der Waals surface area (Å²) in [5.74, 6) is 0.230. The molecule has 0 spiro atoms. The summed E-state index contributed by atoms with van der Waals surface area (Å²) in [5.41, 5.74) is 7.57. The first-order valence-corrected chi connectivity index (χ1v) is 6.66. The van der Waals surface area contributed by atoms with E-state index in [1.54, 1.807) is 4.68 Å². The monoisotopic (exact) mass is 287 g/mol. The van der Waals surface area contributed by atoms with Crippen LogP contribution in [0.15, 0.2) is 5.16 Å². The van der Waals surface area contributed by atoms with Crippen molar-refractivity contribution in [1.29, 1.82) is 0 Å². The van der Waals surface area contributed by atoms with E-state index >= 15 is 0 Å². The average Bonchev–Trinajstić information content (AvgIpc) is 2.62. The highest BCUT2D eigenvalue weighted by molar-refractivity contribution is 6.30. The zero-order valence-corrected chi connectivity index (χ0v) is 12.6. The first-order valence-electron chi connectivity index (χ1n) is 6.28. The molecule has 1 aromatic rings. The van der Waals surface area contributed by atoms with Gasteiger partial charge in [-0.2, -0.15) is 5.10 Å². The van der Waals surface area contributed by atoms with Crippen molar-refractivity contribution in [3.05, 3.63) is 16.4 Å². The van der Waals surface area contributed by atoms with Gasteiger partial charge in [0.05, 0.1) is 5.69 Å². The number of oxime groups is 1. The fraction of sp³-hybridized carbons (Fsp3) is 0.667. The molecule has 19 heavy (non-hydrogen) atoms. The Bertz CT molecular complexity index is 457. The fourth-order valence-electron chi connectivity index (χ4n) is 1.96. The number of aryl methyl sites for hydroxylation is 2. The number of rotatable bonds is 6. The van der Waals surface area contributed by atoms with Crippen molar-refractivity contribution in [3.8, 4) is 0 Å². The summed E-state index contributed by atoms with van der Waals surface area (Å²) >= 11 is 6.23. The quantitative estimate of drug-likeness (QED) is 0.360. The predicted octanol–water partition coefficient (Wildman–Crippen LogP) is 1.59. The van der Waals surface area contributed by atoms with Crippen LogP contribution in [0.3, 0.4) is 0 Å². The van der Waals surface area contributed by atoms with E-state index in [1.807, 2.05) is 20.9 Å². The molecule has 0 aliphatic rings. The Morgan fingerprint density at radius 1 is 1.63 bits per heavy atom. The highest BCUT2D eigenvalue weighted by atomic mass is 35.5. The SMILES string of the molecule is CCN(Cc1c(C)nn(C)c1Cl)CC(C)C(N)=NO. The zero-order valence-electron chi connectivity index (χ0n) is 11.9. The first kappa shape index (κ1) is 15.8. The number of nitrogens with zero attached hydrogens (tertiary/aromatic N) is 4. The molecular weight excluding hydrogens is 266 g/mol. The van der Waals surface area contributed by atoms with Crippen LogP contribution in [-0.2, 0) is 13.6 Å². The second-order valence-corrected chi connectivity index (χ2v) is 5.09. The Kier molecular flexibility index (Phi) is 5.62. The summed E-state index contributed by atoms with van der Waals surface area (Å²) in [6.07, 6.45) is 0. The van der Waals surface area contributed by atoms with Crippen molar-refractivity contribution in [2.45, 2.75) is 27.3 Å².